The maximum Gasteiger partial charge on any atom is 0.273 e. The van der Waals surface area contributed by atoms with Crippen molar-refractivity contribution >= 4 is 38.4 Å². The largest absolute Gasteiger partial charge is 0.348 e. The number of aromatic nitrogens is 3. The molecule has 1 aliphatic rings. The highest BCUT2D eigenvalue weighted by Crippen LogP contribution is 2.27. The summed E-state index contributed by atoms with van der Waals surface area (Å²) < 4.78 is 15.3. The number of nitrogens with one attached hydrogen (secondary N) is 1. The minimum atomic E-state index is -0.528. The summed E-state index contributed by atoms with van der Waals surface area (Å²) in [7, 11) is 0. The van der Waals surface area contributed by atoms with Gasteiger partial charge in [-0.25, -0.2) is 9.37 Å². The van der Waals surface area contributed by atoms with Crippen LogP contribution < -0.4 is 15.8 Å². The summed E-state index contributed by atoms with van der Waals surface area (Å²) in [5.74, 6) is -1.03. The molecule has 26 heavy (non-hydrogen) atoms. The number of amides is 1. The molecule has 3 heterocycles. The number of halogens is 1. The first kappa shape index (κ1) is 16.6. The monoisotopic (exact) mass is 373 g/mol. The number of fused-ring (bicyclic) bond motifs is 1. The van der Waals surface area contributed by atoms with Crippen molar-refractivity contribution in [2.24, 2.45) is 0 Å². The normalized spacial score (nSPS) is 14.1. The van der Waals surface area contributed by atoms with Gasteiger partial charge in [-0.2, -0.15) is 4.98 Å². The van der Waals surface area contributed by atoms with E-state index in [0.29, 0.717) is 10.3 Å². The molecule has 0 saturated carbocycles. The van der Waals surface area contributed by atoms with Crippen molar-refractivity contribution in [3.05, 3.63) is 46.8 Å². The SMILES string of the molecule is O=C(Cn1cnc2nc(N3CCCC3)sc2c1=O)Nc1ccccc1F. The average Bonchev–Trinajstić information content (AvgIpc) is 3.29. The second kappa shape index (κ2) is 6.83. The molecule has 1 aliphatic heterocycles. The number of thiazole rings is 1. The van der Waals surface area contributed by atoms with E-state index >= 15 is 0 Å². The molecule has 2 aromatic heterocycles. The minimum absolute atomic E-state index is 0.0775. The van der Waals surface area contributed by atoms with Crippen LogP contribution >= 0.6 is 11.3 Å². The molecule has 0 radical (unpaired) electrons. The van der Waals surface area contributed by atoms with Crippen molar-refractivity contribution in [1.82, 2.24) is 14.5 Å². The molecule has 0 spiro atoms. The van der Waals surface area contributed by atoms with E-state index in [0.717, 1.165) is 31.1 Å². The van der Waals surface area contributed by atoms with Gasteiger partial charge in [0.25, 0.3) is 5.56 Å². The van der Waals surface area contributed by atoms with Crippen LogP contribution in [0.2, 0.25) is 0 Å². The maximum atomic E-state index is 13.6. The summed E-state index contributed by atoms with van der Waals surface area (Å²) in [4.78, 5) is 35.5. The van der Waals surface area contributed by atoms with E-state index in [2.05, 4.69) is 20.2 Å². The summed E-state index contributed by atoms with van der Waals surface area (Å²) in [6.45, 7) is 1.62. The fraction of sp³-hybridized carbons (Fsp3) is 0.294. The van der Waals surface area contributed by atoms with Gasteiger partial charge in [0.15, 0.2) is 10.8 Å². The number of rotatable bonds is 4. The van der Waals surface area contributed by atoms with E-state index in [-0.39, 0.29) is 17.8 Å². The highest BCUT2D eigenvalue weighted by molar-refractivity contribution is 7.22. The first-order valence-electron chi connectivity index (χ1n) is 8.27. The van der Waals surface area contributed by atoms with Crippen LogP contribution in [0, 0.1) is 5.82 Å². The van der Waals surface area contributed by atoms with Crippen LogP contribution in [0.3, 0.4) is 0 Å². The van der Waals surface area contributed by atoms with Crippen LogP contribution in [-0.2, 0) is 11.3 Å². The zero-order chi connectivity index (χ0) is 18.1. The molecule has 4 rings (SSSR count). The number of benzene rings is 1. The first-order valence-corrected chi connectivity index (χ1v) is 9.09. The molecular weight excluding hydrogens is 357 g/mol. The summed E-state index contributed by atoms with van der Waals surface area (Å²) >= 11 is 1.30. The maximum absolute atomic E-state index is 13.6. The van der Waals surface area contributed by atoms with Crippen molar-refractivity contribution in [3.63, 3.8) is 0 Å². The Kier molecular flexibility index (Phi) is 4.37. The Hall–Kier alpha value is -2.81. The summed E-state index contributed by atoms with van der Waals surface area (Å²) in [5, 5.41) is 3.25. The van der Waals surface area contributed by atoms with Gasteiger partial charge in [0.05, 0.1) is 5.69 Å². The molecule has 1 fully saturated rings. The fourth-order valence-electron chi connectivity index (χ4n) is 2.90. The first-order chi connectivity index (χ1) is 12.6. The summed E-state index contributed by atoms with van der Waals surface area (Å²) in [5.41, 5.74) is 0.156. The van der Waals surface area contributed by atoms with E-state index in [1.165, 1.54) is 40.4 Å². The Labute approximate surface area is 152 Å². The molecule has 1 saturated heterocycles. The number of nitrogens with zero attached hydrogens (tertiary/aromatic N) is 4. The smallest absolute Gasteiger partial charge is 0.273 e. The van der Waals surface area contributed by atoms with Gasteiger partial charge in [0, 0.05) is 13.1 Å². The van der Waals surface area contributed by atoms with Crippen molar-refractivity contribution in [2.75, 3.05) is 23.3 Å². The molecule has 0 unspecified atom stereocenters. The highest BCUT2D eigenvalue weighted by atomic mass is 32.1. The van der Waals surface area contributed by atoms with E-state index in [1.807, 2.05) is 0 Å². The molecular formula is C17H16FN5O2S. The average molecular weight is 373 g/mol. The Morgan fingerprint density at radius 2 is 2.04 bits per heavy atom. The third-order valence-electron chi connectivity index (χ3n) is 4.21. The van der Waals surface area contributed by atoms with Gasteiger partial charge in [-0.3, -0.25) is 14.2 Å². The molecule has 1 aromatic carbocycles. The number of carbonyl (C=O) groups excluding carboxylic acids is 1. The van der Waals surface area contributed by atoms with Gasteiger partial charge in [0.2, 0.25) is 5.91 Å². The zero-order valence-corrected chi connectivity index (χ0v) is 14.6. The van der Waals surface area contributed by atoms with E-state index in [4.69, 9.17) is 0 Å². The molecule has 0 aliphatic carbocycles. The molecule has 3 aromatic rings. The van der Waals surface area contributed by atoms with Crippen LogP contribution in [0.25, 0.3) is 10.3 Å². The topological polar surface area (TPSA) is 80.1 Å². The second-order valence-electron chi connectivity index (χ2n) is 6.05. The van der Waals surface area contributed by atoms with Crippen LogP contribution in [0.1, 0.15) is 12.8 Å². The van der Waals surface area contributed by atoms with Crippen molar-refractivity contribution in [2.45, 2.75) is 19.4 Å². The predicted octanol–water partition coefficient (Wildman–Crippen LogP) is 2.23. The highest BCUT2D eigenvalue weighted by Gasteiger charge is 2.19. The van der Waals surface area contributed by atoms with Gasteiger partial charge >= 0.3 is 0 Å². The lowest BCUT2D eigenvalue weighted by Crippen LogP contribution is -2.27. The molecule has 0 atom stereocenters. The number of hydrogen-bond donors (Lipinski definition) is 1. The lowest BCUT2D eigenvalue weighted by atomic mass is 10.3. The van der Waals surface area contributed by atoms with Crippen molar-refractivity contribution in [1.29, 1.82) is 0 Å². The van der Waals surface area contributed by atoms with Gasteiger partial charge in [0.1, 0.15) is 23.4 Å². The number of hydrogen-bond acceptors (Lipinski definition) is 6. The summed E-state index contributed by atoms with van der Waals surface area (Å²) in [6, 6.07) is 5.88. The number of para-hydroxylation sites is 1. The zero-order valence-electron chi connectivity index (χ0n) is 13.8. The number of carbonyl (C=O) groups is 1. The van der Waals surface area contributed by atoms with Crippen LogP contribution in [-0.4, -0.2) is 33.5 Å². The summed E-state index contributed by atoms with van der Waals surface area (Å²) in [6.07, 6.45) is 3.53. The van der Waals surface area contributed by atoms with E-state index < -0.39 is 11.7 Å². The molecule has 1 N–H and O–H groups in total. The van der Waals surface area contributed by atoms with Crippen molar-refractivity contribution < 1.29 is 9.18 Å². The Balaban J connectivity index is 1.56. The van der Waals surface area contributed by atoms with E-state index in [9.17, 15) is 14.0 Å². The Morgan fingerprint density at radius 1 is 1.27 bits per heavy atom. The fourth-order valence-corrected chi connectivity index (χ4v) is 3.92. The minimum Gasteiger partial charge on any atom is -0.348 e. The second-order valence-corrected chi connectivity index (χ2v) is 7.03. The number of anilines is 2. The van der Waals surface area contributed by atoms with Gasteiger partial charge in [-0.15, -0.1) is 0 Å². The molecule has 0 bridgehead atoms. The molecule has 134 valence electrons. The van der Waals surface area contributed by atoms with Crippen molar-refractivity contribution in [3.8, 4) is 0 Å². The third kappa shape index (κ3) is 3.17. The van der Waals surface area contributed by atoms with Crippen LogP contribution in [0.5, 0.6) is 0 Å². The Morgan fingerprint density at radius 3 is 2.81 bits per heavy atom. The van der Waals surface area contributed by atoms with Crippen LogP contribution in [0.15, 0.2) is 35.4 Å². The molecule has 1 amide bonds. The quantitative estimate of drug-likeness (QED) is 0.759. The van der Waals surface area contributed by atoms with Gasteiger partial charge in [-0.1, -0.05) is 23.5 Å². The molecule has 9 heteroatoms. The third-order valence-corrected chi connectivity index (χ3v) is 5.30. The van der Waals surface area contributed by atoms with Gasteiger partial charge in [-0.05, 0) is 25.0 Å². The Bertz CT molecular complexity index is 1030. The van der Waals surface area contributed by atoms with E-state index in [1.54, 1.807) is 6.07 Å². The lowest BCUT2D eigenvalue weighted by molar-refractivity contribution is -0.116. The van der Waals surface area contributed by atoms with Gasteiger partial charge < -0.3 is 10.2 Å². The standard InChI is InChI=1S/C17H16FN5O2S/c18-11-5-1-2-6-12(11)20-13(24)9-23-10-19-15-14(16(23)25)26-17(21-15)22-7-3-4-8-22/h1-2,5-6,10H,3-4,7-9H2,(H,20,24). The lowest BCUT2D eigenvalue weighted by Gasteiger charge is -2.11. The molecule has 7 nitrogen and oxygen atoms in total. The van der Waals surface area contributed by atoms with Crippen LogP contribution in [0.4, 0.5) is 15.2 Å². The predicted molar refractivity (Wildman–Crippen MR) is 98.2 cm³/mol.